The van der Waals surface area contributed by atoms with Gasteiger partial charge in [-0.1, -0.05) is 163 Å². The molecule has 2 aliphatic rings. The van der Waals surface area contributed by atoms with E-state index in [1.54, 1.807) is 0 Å². The molecule has 246 valence electrons. The smallest absolute Gasteiger partial charge is 0.184 e. The quantitative estimate of drug-likeness (QED) is 0.163. The summed E-state index contributed by atoms with van der Waals surface area (Å²) < 4.78 is 0. The SMILES string of the molecule is c1ccc(-c2ccc(N(c3ccc(-c4ccccc4)cc3)c3ccc4c(c3)[Si]3(c5ccccc5Sc5ccccc53)c3ccccc3S4)cc2)cc1. The average Bonchev–Trinajstić information content (AvgIpc) is 3.22. The van der Waals surface area contributed by atoms with Crippen LogP contribution in [0.4, 0.5) is 17.1 Å². The van der Waals surface area contributed by atoms with E-state index in [0.29, 0.717) is 0 Å². The lowest BCUT2D eigenvalue weighted by molar-refractivity contribution is 1.27. The molecule has 0 saturated heterocycles. The molecule has 0 aliphatic carbocycles. The van der Waals surface area contributed by atoms with Gasteiger partial charge in [0.15, 0.2) is 8.07 Å². The van der Waals surface area contributed by atoms with Crippen LogP contribution in [0.2, 0.25) is 0 Å². The first kappa shape index (κ1) is 31.2. The van der Waals surface area contributed by atoms with Crippen LogP contribution in [0.1, 0.15) is 0 Å². The van der Waals surface area contributed by atoms with Crippen molar-refractivity contribution in [2.45, 2.75) is 19.6 Å². The third kappa shape index (κ3) is 5.09. The van der Waals surface area contributed by atoms with E-state index >= 15 is 0 Å². The molecule has 0 amide bonds. The first-order chi connectivity index (χ1) is 25.8. The summed E-state index contributed by atoms with van der Waals surface area (Å²) in [5, 5.41) is 5.91. The largest absolute Gasteiger partial charge is 0.311 e. The molecular weight excluding hydrogens is 683 g/mol. The van der Waals surface area contributed by atoms with Crippen molar-refractivity contribution in [1.29, 1.82) is 0 Å². The van der Waals surface area contributed by atoms with Gasteiger partial charge in [-0.05, 0) is 104 Å². The molecule has 1 nitrogen and oxygen atoms in total. The zero-order valence-electron chi connectivity index (χ0n) is 28.3. The molecule has 0 bridgehead atoms. The highest BCUT2D eigenvalue weighted by Gasteiger charge is 2.51. The Balaban J connectivity index is 1.20. The number of rotatable bonds is 5. The van der Waals surface area contributed by atoms with Gasteiger partial charge in [-0.15, -0.1) is 0 Å². The van der Waals surface area contributed by atoms with E-state index in [1.807, 2.05) is 23.5 Å². The highest BCUT2D eigenvalue weighted by Crippen LogP contribution is 2.42. The molecule has 0 saturated carbocycles. The van der Waals surface area contributed by atoms with E-state index in [2.05, 4.69) is 205 Å². The normalized spacial score (nSPS) is 13.4. The summed E-state index contributed by atoms with van der Waals surface area (Å²) in [5.74, 6) is 0. The van der Waals surface area contributed by atoms with E-state index in [9.17, 15) is 0 Å². The molecule has 8 aromatic rings. The summed E-state index contributed by atoms with van der Waals surface area (Å²) in [6, 6.07) is 74.1. The summed E-state index contributed by atoms with van der Waals surface area (Å²) in [6.45, 7) is 0. The number of hydrogen-bond acceptors (Lipinski definition) is 3. The van der Waals surface area contributed by atoms with Gasteiger partial charge < -0.3 is 4.90 Å². The van der Waals surface area contributed by atoms with Crippen LogP contribution in [0.3, 0.4) is 0 Å². The Morgan fingerprint density at radius 3 is 1.08 bits per heavy atom. The van der Waals surface area contributed by atoms with Crippen LogP contribution in [0.5, 0.6) is 0 Å². The Labute approximate surface area is 314 Å². The molecule has 8 aromatic carbocycles. The maximum atomic E-state index is 2.53. The summed E-state index contributed by atoms with van der Waals surface area (Å²) in [4.78, 5) is 7.90. The molecule has 2 aliphatic heterocycles. The standard InChI is InChI=1S/C48H33NS2Si/c1-3-13-34(14-4-1)36-23-27-38(28-24-36)49(39-29-25-37(26-30-39)35-15-5-2-6-16-35)40-31-32-44-48(33-40)52(47-22-12-9-19-43(47)51-44)45-20-10-7-17-41(45)50-42-18-8-11-21-46(42)52/h1-33H. The zero-order valence-corrected chi connectivity index (χ0v) is 30.9. The lowest BCUT2D eigenvalue weighted by atomic mass is 10.0. The topological polar surface area (TPSA) is 3.24 Å². The van der Waals surface area contributed by atoms with Crippen LogP contribution >= 0.6 is 23.5 Å². The molecule has 52 heavy (non-hydrogen) atoms. The summed E-state index contributed by atoms with van der Waals surface area (Å²) >= 11 is 3.84. The predicted molar refractivity (Wildman–Crippen MR) is 224 cm³/mol. The van der Waals surface area contributed by atoms with Gasteiger partial charge in [0.1, 0.15) is 0 Å². The summed E-state index contributed by atoms with van der Waals surface area (Å²) in [5.41, 5.74) is 8.29. The van der Waals surface area contributed by atoms with Gasteiger partial charge in [0.25, 0.3) is 0 Å². The Hall–Kier alpha value is -5.52. The average molecular weight is 716 g/mol. The van der Waals surface area contributed by atoms with Crippen LogP contribution in [0, 0.1) is 0 Å². The van der Waals surface area contributed by atoms with Crippen molar-refractivity contribution in [2.75, 3.05) is 4.90 Å². The fourth-order valence-corrected chi connectivity index (χ4v) is 17.2. The lowest BCUT2D eigenvalue weighted by Gasteiger charge is -2.44. The van der Waals surface area contributed by atoms with Crippen LogP contribution in [0.15, 0.2) is 220 Å². The third-order valence-electron chi connectivity index (χ3n) is 10.4. The van der Waals surface area contributed by atoms with Gasteiger partial charge in [-0.2, -0.15) is 0 Å². The second-order valence-corrected chi connectivity index (χ2v) is 19.1. The zero-order chi connectivity index (χ0) is 34.5. The van der Waals surface area contributed by atoms with Crippen LogP contribution in [-0.2, 0) is 0 Å². The van der Waals surface area contributed by atoms with Gasteiger partial charge in [-0.3, -0.25) is 0 Å². The Morgan fingerprint density at radius 1 is 0.288 bits per heavy atom. The second kappa shape index (κ2) is 12.9. The molecule has 10 rings (SSSR count). The van der Waals surface area contributed by atoms with Crippen molar-refractivity contribution in [1.82, 2.24) is 0 Å². The minimum atomic E-state index is -2.71. The Kier molecular flexibility index (Phi) is 7.75. The summed E-state index contributed by atoms with van der Waals surface area (Å²) in [6.07, 6.45) is 0. The van der Waals surface area contributed by atoms with Crippen molar-refractivity contribution in [2.24, 2.45) is 0 Å². The van der Waals surface area contributed by atoms with Gasteiger partial charge in [-0.25, -0.2) is 0 Å². The third-order valence-corrected chi connectivity index (χ3v) is 18.4. The van der Waals surface area contributed by atoms with Crippen molar-refractivity contribution >= 4 is 69.4 Å². The van der Waals surface area contributed by atoms with E-state index in [-0.39, 0.29) is 0 Å². The van der Waals surface area contributed by atoms with Gasteiger partial charge in [0.2, 0.25) is 0 Å². The number of fused-ring (bicyclic) bond motifs is 8. The lowest BCUT2D eigenvalue weighted by Crippen LogP contribution is -2.78. The monoisotopic (exact) mass is 715 g/mol. The second-order valence-electron chi connectivity index (χ2n) is 13.3. The fraction of sp³-hybridized carbons (Fsp3) is 0. The molecule has 0 fully saturated rings. The van der Waals surface area contributed by atoms with Crippen molar-refractivity contribution in [3.8, 4) is 22.3 Å². The minimum absolute atomic E-state index is 1.13. The predicted octanol–water partition coefficient (Wildman–Crippen LogP) is 10.8. The van der Waals surface area contributed by atoms with E-state index in [0.717, 1.165) is 11.4 Å². The molecule has 2 heterocycles. The number of hydrogen-bond donors (Lipinski definition) is 0. The highest BCUT2D eigenvalue weighted by molar-refractivity contribution is 8.01. The summed E-state index contributed by atoms with van der Waals surface area (Å²) in [7, 11) is -2.71. The number of benzene rings is 8. The first-order valence-corrected chi connectivity index (χ1v) is 21.3. The molecule has 0 unspecified atom stereocenters. The number of nitrogens with zero attached hydrogens (tertiary/aromatic N) is 1. The van der Waals surface area contributed by atoms with Gasteiger partial charge in [0.05, 0.1) is 0 Å². The van der Waals surface area contributed by atoms with Crippen LogP contribution in [-0.4, -0.2) is 8.07 Å². The highest BCUT2D eigenvalue weighted by atomic mass is 32.2. The first-order valence-electron chi connectivity index (χ1n) is 17.7. The van der Waals surface area contributed by atoms with Crippen molar-refractivity contribution in [3.63, 3.8) is 0 Å². The van der Waals surface area contributed by atoms with E-state index < -0.39 is 8.07 Å². The van der Waals surface area contributed by atoms with Crippen LogP contribution in [0.25, 0.3) is 22.3 Å². The molecule has 0 radical (unpaired) electrons. The molecular formula is C48H33NS2Si. The maximum absolute atomic E-state index is 2.71. The minimum Gasteiger partial charge on any atom is -0.311 e. The van der Waals surface area contributed by atoms with Gasteiger partial charge in [0, 0.05) is 36.6 Å². The maximum Gasteiger partial charge on any atom is 0.184 e. The van der Waals surface area contributed by atoms with Gasteiger partial charge >= 0.3 is 0 Å². The molecule has 0 N–H and O–H groups in total. The van der Waals surface area contributed by atoms with Crippen LogP contribution < -0.4 is 25.6 Å². The fourth-order valence-electron chi connectivity index (χ4n) is 8.06. The van der Waals surface area contributed by atoms with E-state index in [1.165, 1.54) is 68.3 Å². The molecule has 0 aromatic heterocycles. The van der Waals surface area contributed by atoms with Crippen molar-refractivity contribution in [3.05, 3.63) is 200 Å². The Bertz CT molecular complexity index is 2380. The number of anilines is 3. The molecule has 4 heteroatoms. The molecule has 0 atom stereocenters. The molecule has 1 spiro atoms. The van der Waals surface area contributed by atoms with E-state index in [4.69, 9.17) is 0 Å². The Morgan fingerprint density at radius 2 is 0.635 bits per heavy atom. The van der Waals surface area contributed by atoms with Crippen molar-refractivity contribution < 1.29 is 0 Å².